The first-order valence-electron chi connectivity index (χ1n) is 15.7. The number of methoxy groups -OCH3 is 2. The van der Waals surface area contributed by atoms with E-state index in [0.29, 0.717) is 40.3 Å². The molecule has 12 nitrogen and oxygen atoms in total. The molecule has 3 aromatic heterocycles. The van der Waals surface area contributed by atoms with Crippen LogP contribution < -0.4 is 20.5 Å². The van der Waals surface area contributed by atoms with E-state index in [4.69, 9.17) is 26.8 Å². The number of benzene rings is 2. The second kappa shape index (κ2) is 16.1. The highest BCUT2D eigenvalue weighted by molar-refractivity contribution is 6.35. The van der Waals surface area contributed by atoms with Gasteiger partial charge in [-0.05, 0) is 50.5 Å². The van der Waals surface area contributed by atoms with Crippen LogP contribution in [-0.4, -0.2) is 102 Å². The number of nitrogens with one attached hydrogen (secondary N) is 2. The zero-order valence-corrected chi connectivity index (χ0v) is 29.0. The van der Waals surface area contributed by atoms with Gasteiger partial charge in [-0.3, -0.25) is 20.0 Å². The molecule has 0 aliphatic carbocycles. The van der Waals surface area contributed by atoms with Crippen LogP contribution in [0.25, 0.3) is 22.0 Å². The quantitative estimate of drug-likeness (QED) is 0.190. The third-order valence-electron chi connectivity index (χ3n) is 8.05. The number of likely N-dealkylation sites (N-methyl/N-ethyl adjacent to an activating group) is 1. The number of ether oxygens (including phenoxy) is 2. The lowest BCUT2D eigenvalue weighted by Gasteiger charge is -2.32. The topological polar surface area (TPSA) is 138 Å². The van der Waals surface area contributed by atoms with Crippen molar-refractivity contribution in [1.82, 2.24) is 34.6 Å². The van der Waals surface area contributed by atoms with Crippen LogP contribution in [0.3, 0.4) is 0 Å². The van der Waals surface area contributed by atoms with Gasteiger partial charge in [0.25, 0.3) is 5.91 Å². The minimum Gasteiger partial charge on any atom is -0.495 e. The lowest BCUT2D eigenvalue weighted by Crippen LogP contribution is -2.43. The Balaban J connectivity index is 0.000000259. The molecule has 0 spiro atoms. The number of rotatable bonds is 9. The summed E-state index contributed by atoms with van der Waals surface area (Å²) in [6, 6.07) is 12.0. The van der Waals surface area contributed by atoms with E-state index in [9.17, 15) is 4.79 Å². The summed E-state index contributed by atoms with van der Waals surface area (Å²) >= 11 is 6.49. The molecule has 0 unspecified atom stereocenters. The maximum atomic E-state index is 15.3. The number of anilines is 2. The van der Waals surface area contributed by atoms with Crippen LogP contribution in [0.1, 0.15) is 21.6 Å². The Morgan fingerprint density at radius 3 is 2.47 bits per heavy atom. The summed E-state index contributed by atoms with van der Waals surface area (Å²) in [5.74, 6) is 0.121. The number of H-pyrrole nitrogens is 1. The summed E-state index contributed by atoms with van der Waals surface area (Å²) in [7, 11) is 8.84. The molecule has 258 valence electrons. The highest BCUT2D eigenvalue weighted by atomic mass is 35.5. The van der Waals surface area contributed by atoms with Crippen LogP contribution in [-0.2, 0) is 13.1 Å². The van der Waals surface area contributed by atoms with Crippen molar-refractivity contribution in [2.24, 2.45) is 0 Å². The van der Waals surface area contributed by atoms with E-state index in [1.807, 2.05) is 31.3 Å². The number of halogens is 2. The standard InChI is InChI=1S/C24H23ClFN5O3.C11H18N4/c1-31(2)12-13-11-28-24(29-13)30-23(32)16-8-7-14(15-6-5-9-27-22(15)16)19-20(25)17(33-3)10-18(34-4)21(19)26;1-14-4-6-15(7-5-14)9-10-2-3-11(12)13-8-10/h5-11H,12H2,1-4H3,(H2,28,29,30,32);2-3,8H,4-7,9H2,1H3,(H2,12,13). The molecule has 1 saturated heterocycles. The number of hydrogen-bond acceptors (Lipinski definition) is 10. The number of aromatic nitrogens is 4. The van der Waals surface area contributed by atoms with E-state index in [0.717, 1.165) is 38.4 Å². The Labute approximate surface area is 290 Å². The number of imidazole rings is 1. The molecule has 0 saturated carbocycles. The highest BCUT2D eigenvalue weighted by Gasteiger charge is 2.24. The van der Waals surface area contributed by atoms with Gasteiger partial charge >= 0.3 is 0 Å². The molecule has 1 amide bonds. The van der Waals surface area contributed by atoms with Crippen molar-refractivity contribution in [3.05, 3.63) is 88.7 Å². The number of nitrogens with zero attached hydrogens (tertiary/aromatic N) is 6. The lowest BCUT2D eigenvalue weighted by molar-refractivity contribution is 0.102. The third-order valence-corrected chi connectivity index (χ3v) is 8.43. The van der Waals surface area contributed by atoms with E-state index >= 15 is 4.39 Å². The van der Waals surface area contributed by atoms with Crippen LogP contribution in [0.15, 0.2) is 61.1 Å². The van der Waals surface area contributed by atoms with Crippen molar-refractivity contribution in [1.29, 1.82) is 0 Å². The van der Waals surface area contributed by atoms with Crippen molar-refractivity contribution in [3.8, 4) is 22.6 Å². The number of pyridine rings is 2. The maximum absolute atomic E-state index is 15.3. The molecule has 6 rings (SSSR count). The summed E-state index contributed by atoms with van der Waals surface area (Å²) in [5, 5.41) is 3.39. The molecular weight excluding hydrogens is 649 g/mol. The lowest BCUT2D eigenvalue weighted by atomic mass is 9.96. The van der Waals surface area contributed by atoms with Crippen molar-refractivity contribution in [2.75, 3.05) is 72.6 Å². The fourth-order valence-electron chi connectivity index (χ4n) is 5.51. The van der Waals surface area contributed by atoms with Gasteiger partial charge in [-0.1, -0.05) is 29.8 Å². The minimum atomic E-state index is -0.639. The average molecular weight is 690 g/mol. The highest BCUT2D eigenvalue weighted by Crippen LogP contribution is 2.44. The summed E-state index contributed by atoms with van der Waals surface area (Å²) in [5.41, 5.74) is 8.88. The normalized spacial score (nSPS) is 13.6. The maximum Gasteiger partial charge on any atom is 0.260 e. The zero-order chi connectivity index (χ0) is 35.1. The van der Waals surface area contributed by atoms with Crippen LogP contribution in [0.5, 0.6) is 11.5 Å². The zero-order valence-electron chi connectivity index (χ0n) is 28.3. The average Bonchev–Trinajstić information content (AvgIpc) is 3.53. The summed E-state index contributed by atoms with van der Waals surface area (Å²) < 4.78 is 25.8. The summed E-state index contributed by atoms with van der Waals surface area (Å²) in [4.78, 5) is 35.6. The van der Waals surface area contributed by atoms with Gasteiger partial charge in [-0.2, -0.15) is 0 Å². The Morgan fingerprint density at radius 2 is 1.80 bits per heavy atom. The second-order valence-electron chi connectivity index (χ2n) is 12.0. The number of fused-ring (bicyclic) bond motifs is 1. The molecule has 1 fully saturated rings. The minimum absolute atomic E-state index is 0.0125. The van der Waals surface area contributed by atoms with Gasteiger partial charge in [0, 0.05) is 68.7 Å². The molecule has 14 heteroatoms. The van der Waals surface area contributed by atoms with Crippen molar-refractivity contribution >= 4 is 40.2 Å². The van der Waals surface area contributed by atoms with Gasteiger partial charge in [-0.15, -0.1) is 0 Å². The number of amides is 1. The predicted octanol–water partition coefficient (Wildman–Crippen LogP) is 5.16. The molecule has 1 aliphatic heterocycles. The Bertz CT molecular complexity index is 1870. The molecule has 0 atom stereocenters. The van der Waals surface area contributed by atoms with E-state index < -0.39 is 11.7 Å². The Morgan fingerprint density at radius 1 is 1.04 bits per heavy atom. The van der Waals surface area contributed by atoms with Gasteiger partial charge in [0.15, 0.2) is 11.6 Å². The first-order valence-corrected chi connectivity index (χ1v) is 16.0. The molecule has 4 heterocycles. The van der Waals surface area contributed by atoms with Gasteiger partial charge in [0.1, 0.15) is 11.6 Å². The fraction of sp³-hybridized carbons (Fsp3) is 0.314. The number of carbonyl (C=O) groups is 1. The Hall–Kier alpha value is -4.82. The molecule has 2 aromatic carbocycles. The SMILES string of the molecule is CN1CCN(Cc2ccc(N)nc2)CC1.COc1cc(OC)c(Cl)c(-c2ccc(C(=O)Nc3ncc(CN(C)C)[nH]3)c3ncccc23)c1F. The second-order valence-corrected chi connectivity index (χ2v) is 12.3. The van der Waals surface area contributed by atoms with Gasteiger partial charge < -0.3 is 30.0 Å². The number of nitrogens with two attached hydrogens (primary N) is 1. The molecule has 0 radical (unpaired) electrons. The molecule has 1 aliphatic rings. The predicted molar refractivity (Wildman–Crippen MR) is 191 cm³/mol. The summed E-state index contributed by atoms with van der Waals surface area (Å²) in [6.07, 6.45) is 5.10. The first-order chi connectivity index (χ1) is 23.6. The molecule has 0 bridgehead atoms. The number of carbonyl (C=O) groups excluding carboxylic acids is 1. The van der Waals surface area contributed by atoms with E-state index in [1.165, 1.54) is 25.8 Å². The molecule has 5 aromatic rings. The molecule has 49 heavy (non-hydrogen) atoms. The number of nitrogen functional groups attached to an aromatic ring is 1. The van der Waals surface area contributed by atoms with Crippen molar-refractivity contribution in [3.63, 3.8) is 0 Å². The number of aromatic amines is 1. The van der Waals surface area contributed by atoms with Crippen molar-refractivity contribution in [2.45, 2.75) is 13.1 Å². The fourth-order valence-corrected chi connectivity index (χ4v) is 5.82. The molecule has 4 N–H and O–H groups in total. The van der Waals surface area contributed by atoms with Crippen molar-refractivity contribution < 1.29 is 18.7 Å². The van der Waals surface area contributed by atoms with E-state index in [-0.39, 0.29) is 22.1 Å². The number of hydrogen-bond donors (Lipinski definition) is 3. The van der Waals surface area contributed by atoms with Crippen LogP contribution >= 0.6 is 11.6 Å². The summed E-state index contributed by atoms with van der Waals surface area (Å²) in [6.45, 7) is 6.23. The molecular formula is C35H41ClFN9O3. The number of piperazine rings is 1. The smallest absolute Gasteiger partial charge is 0.260 e. The van der Waals surface area contributed by atoms with Crippen LogP contribution in [0.2, 0.25) is 5.02 Å². The van der Waals surface area contributed by atoms with E-state index in [1.54, 1.807) is 36.7 Å². The first kappa shape index (κ1) is 35.5. The largest absolute Gasteiger partial charge is 0.495 e. The van der Waals surface area contributed by atoms with Gasteiger partial charge in [-0.25, -0.2) is 14.4 Å². The Kier molecular flexibility index (Phi) is 11.6. The van der Waals surface area contributed by atoms with Crippen LogP contribution in [0.4, 0.5) is 16.2 Å². The third kappa shape index (κ3) is 8.62. The van der Waals surface area contributed by atoms with Gasteiger partial charge in [0.05, 0.1) is 42.2 Å². The van der Waals surface area contributed by atoms with E-state index in [2.05, 4.69) is 48.2 Å². The van der Waals surface area contributed by atoms with Gasteiger partial charge in [0.2, 0.25) is 5.95 Å². The monoisotopic (exact) mass is 689 g/mol. The van der Waals surface area contributed by atoms with Crippen LogP contribution in [0, 0.1) is 5.82 Å².